The van der Waals surface area contributed by atoms with Gasteiger partial charge >= 0.3 is 0 Å². The van der Waals surface area contributed by atoms with Gasteiger partial charge < -0.3 is 15.2 Å². The number of methoxy groups -OCH3 is 1. The van der Waals surface area contributed by atoms with Gasteiger partial charge in [-0.25, -0.2) is 0 Å². The van der Waals surface area contributed by atoms with E-state index in [-0.39, 0.29) is 6.04 Å². The van der Waals surface area contributed by atoms with Gasteiger partial charge in [-0.05, 0) is 49.9 Å². The van der Waals surface area contributed by atoms with Gasteiger partial charge in [0.15, 0.2) is 0 Å². The van der Waals surface area contributed by atoms with Crippen molar-refractivity contribution >= 4 is 0 Å². The summed E-state index contributed by atoms with van der Waals surface area (Å²) in [6.07, 6.45) is 5.41. The molecule has 0 spiro atoms. The van der Waals surface area contributed by atoms with Crippen LogP contribution in [0.2, 0.25) is 0 Å². The maximum atomic E-state index is 9.99. The monoisotopic (exact) mass is 277 g/mol. The lowest BCUT2D eigenvalue weighted by Gasteiger charge is -2.30. The number of hydrogen-bond donors (Lipinski definition) is 2. The SMILES string of the molecule is COc1ccc(O)c(C(C)NCC2CCCCC2C)c1. The molecular weight excluding hydrogens is 250 g/mol. The topological polar surface area (TPSA) is 41.5 Å². The Balaban J connectivity index is 1.95. The first kappa shape index (κ1) is 15.2. The first-order valence-corrected chi connectivity index (χ1v) is 7.72. The largest absolute Gasteiger partial charge is 0.508 e. The van der Waals surface area contributed by atoms with Crippen LogP contribution < -0.4 is 10.1 Å². The summed E-state index contributed by atoms with van der Waals surface area (Å²) >= 11 is 0. The van der Waals surface area contributed by atoms with Crippen molar-refractivity contribution in [1.82, 2.24) is 5.32 Å². The van der Waals surface area contributed by atoms with Gasteiger partial charge in [-0.2, -0.15) is 0 Å². The Morgan fingerprint density at radius 1 is 1.35 bits per heavy atom. The number of phenolic OH excluding ortho intramolecular Hbond substituents is 1. The molecule has 112 valence electrons. The molecule has 0 aromatic heterocycles. The van der Waals surface area contributed by atoms with Gasteiger partial charge in [0.05, 0.1) is 7.11 Å². The van der Waals surface area contributed by atoms with Gasteiger partial charge in [0.2, 0.25) is 0 Å². The minimum atomic E-state index is 0.138. The van der Waals surface area contributed by atoms with Gasteiger partial charge in [0, 0.05) is 11.6 Å². The van der Waals surface area contributed by atoms with Crippen LogP contribution in [0, 0.1) is 11.8 Å². The molecule has 2 rings (SSSR count). The summed E-state index contributed by atoms with van der Waals surface area (Å²) in [4.78, 5) is 0. The molecule has 0 aliphatic heterocycles. The van der Waals surface area contributed by atoms with Crippen molar-refractivity contribution in [3.8, 4) is 11.5 Å². The third-order valence-electron chi connectivity index (χ3n) is 4.68. The highest BCUT2D eigenvalue weighted by Crippen LogP contribution is 2.31. The van der Waals surface area contributed by atoms with Gasteiger partial charge in [0.25, 0.3) is 0 Å². The molecule has 3 heteroatoms. The van der Waals surface area contributed by atoms with Crippen molar-refractivity contribution in [2.45, 2.75) is 45.6 Å². The molecule has 1 aliphatic carbocycles. The Bertz CT molecular complexity index is 433. The predicted molar refractivity (Wildman–Crippen MR) is 82.2 cm³/mol. The van der Waals surface area contributed by atoms with Gasteiger partial charge in [-0.1, -0.05) is 26.2 Å². The van der Waals surface area contributed by atoms with Crippen molar-refractivity contribution in [1.29, 1.82) is 0 Å². The Kier molecular flexibility index (Phi) is 5.30. The summed E-state index contributed by atoms with van der Waals surface area (Å²) in [5.74, 6) is 2.70. The van der Waals surface area contributed by atoms with Crippen LogP contribution in [0.25, 0.3) is 0 Å². The number of nitrogens with one attached hydrogen (secondary N) is 1. The van der Waals surface area contributed by atoms with Crippen LogP contribution in [-0.4, -0.2) is 18.8 Å². The van der Waals surface area contributed by atoms with E-state index in [1.54, 1.807) is 19.2 Å². The van der Waals surface area contributed by atoms with E-state index in [1.165, 1.54) is 25.7 Å². The Hall–Kier alpha value is -1.22. The van der Waals surface area contributed by atoms with Crippen LogP contribution in [0.15, 0.2) is 18.2 Å². The molecule has 3 unspecified atom stereocenters. The van der Waals surface area contributed by atoms with Crippen molar-refractivity contribution in [2.24, 2.45) is 11.8 Å². The second kappa shape index (κ2) is 6.98. The molecule has 1 fully saturated rings. The van der Waals surface area contributed by atoms with Crippen LogP contribution in [0.3, 0.4) is 0 Å². The molecule has 1 aromatic carbocycles. The fourth-order valence-corrected chi connectivity index (χ4v) is 3.14. The molecule has 20 heavy (non-hydrogen) atoms. The van der Waals surface area contributed by atoms with Gasteiger partial charge in [-0.3, -0.25) is 0 Å². The Labute approximate surface area is 122 Å². The zero-order chi connectivity index (χ0) is 14.5. The summed E-state index contributed by atoms with van der Waals surface area (Å²) < 4.78 is 5.23. The summed E-state index contributed by atoms with van der Waals surface area (Å²) in [5.41, 5.74) is 0.910. The number of ether oxygens (including phenoxy) is 1. The van der Waals surface area contributed by atoms with Crippen molar-refractivity contribution < 1.29 is 9.84 Å². The Morgan fingerprint density at radius 3 is 2.80 bits per heavy atom. The number of hydrogen-bond acceptors (Lipinski definition) is 3. The highest BCUT2D eigenvalue weighted by Gasteiger charge is 2.22. The maximum Gasteiger partial charge on any atom is 0.120 e. The fourth-order valence-electron chi connectivity index (χ4n) is 3.14. The van der Waals surface area contributed by atoms with Crippen molar-refractivity contribution in [3.05, 3.63) is 23.8 Å². The van der Waals surface area contributed by atoms with Crippen LogP contribution in [0.4, 0.5) is 0 Å². The molecule has 0 heterocycles. The Morgan fingerprint density at radius 2 is 2.10 bits per heavy atom. The highest BCUT2D eigenvalue weighted by molar-refractivity contribution is 5.41. The molecule has 0 bridgehead atoms. The maximum absolute atomic E-state index is 9.99. The molecule has 3 nitrogen and oxygen atoms in total. The summed E-state index contributed by atoms with van der Waals surface area (Å²) in [6, 6.07) is 5.54. The smallest absolute Gasteiger partial charge is 0.120 e. The quantitative estimate of drug-likeness (QED) is 0.858. The fraction of sp³-hybridized carbons (Fsp3) is 0.647. The second-order valence-electron chi connectivity index (χ2n) is 6.08. The van der Waals surface area contributed by atoms with Gasteiger partial charge in [0.1, 0.15) is 11.5 Å². The molecule has 0 amide bonds. The molecule has 0 saturated heterocycles. The standard InChI is InChI=1S/C17H27NO2/c1-12-6-4-5-7-14(12)11-18-13(2)16-10-15(20-3)8-9-17(16)19/h8-10,12-14,18-19H,4-7,11H2,1-3H3. The summed E-state index contributed by atoms with van der Waals surface area (Å²) in [5, 5.41) is 13.6. The number of aromatic hydroxyl groups is 1. The third-order valence-corrected chi connectivity index (χ3v) is 4.68. The van der Waals surface area contributed by atoms with E-state index in [4.69, 9.17) is 4.74 Å². The first-order chi connectivity index (χ1) is 9.61. The number of phenols is 1. The predicted octanol–water partition coefficient (Wildman–Crippen LogP) is 3.88. The van der Waals surface area contributed by atoms with E-state index in [2.05, 4.69) is 19.2 Å². The van der Waals surface area contributed by atoms with E-state index in [1.807, 2.05) is 6.07 Å². The van der Waals surface area contributed by atoms with E-state index in [0.29, 0.717) is 5.75 Å². The normalized spacial score (nSPS) is 24.4. The van der Waals surface area contributed by atoms with Gasteiger partial charge in [-0.15, -0.1) is 0 Å². The van der Waals surface area contributed by atoms with Crippen LogP contribution in [0.5, 0.6) is 11.5 Å². The summed E-state index contributed by atoms with van der Waals surface area (Å²) in [6.45, 7) is 5.49. The van der Waals surface area contributed by atoms with Crippen molar-refractivity contribution in [2.75, 3.05) is 13.7 Å². The van der Waals surface area contributed by atoms with E-state index in [9.17, 15) is 5.11 Å². The lowest BCUT2D eigenvalue weighted by atomic mass is 9.80. The molecule has 1 aromatic rings. The first-order valence-electron chi connectivity index (χ1n) is 7.72. The molecule has 2 N–H and O–H groups in total. The highest BCUT2D eigenvalue weighted by atomic mass is 16.5. The zero-order valence-electron chi connectivity index (χ0n) is 12.9. The summed E-state index contributed by atoms with van der Waals surface area (Å²) in [7, 11) is 1.65. The molecule has 0 radical (unpaired) electrons. The lowest BCUT2D eigenvalue weighted by Crippen LogP contribution is -2.31. The number of benzene rings is 1. The van der Waals surface area contributed by atoms with Crippen LogP contribution in [-0.2, 0) is 0 Å². The average Bonchev–Trinajstić information content (AvgIpc) is 2.46. The third kappa shape index (κ3) is 3.66. The van der Waals surface area contributed by atoms with E-state index < -0.39 is 0 Å². The lowest BCUT2D eigenvalue weighted by molar-refractivity contribution is 0.242. The van der Waals surface area contributed by atoms with Crippen molar-refractivity contribution in [3.63, 3.8) is 0 Å². The molecule has 3 atom stereocenters. The molecule has 1 aliphatic rings. The van der Waals surface area contributed by atoms with E-state index >= 15 is 0 Å². The zero-order valence-corrected chi connectivity index (χ0v) is 12.9. The second-order valence-corrected chi connectivity index (χ2v) is 6.08. The minimum Gasteiger partial charge on any atom is -0.508 e. The van der Waals surface area contributed by atoms with Crippen LogP contribution >= 0.6 is 0 Å². The molecular formula is C17H27NO2. The van der Waals surface area contributed by atoms with Crippen LogP contribution in [0.1, 0.15) is 51.1 Å². The molecule has 1 saturated carbocycles. The average molecular weight is 277 g/mol. The number of rotatable bonds is 5. The minimum absolute atomic E-state index is 0.138. The van der Waals surface area contributed by atoms with E-state index in [0.717, 1.165) is 29.7 Å².